The molecule has 3 aliphatic heterocycles. The number of hydrogen-bond acceptors (Lipinski definition) is 6. The molecule has 1 N–H and O–H groups in total. The fourth-order valence-electron chi connectivity index (χ4n) is 6.84. The Morgan fingerprint density at radius 3 is 2.37 bits per heavy atom. The number of carbonyl (C=O) groups excluding carboxylic acids is 3. The fraction of sp³-hybridized carbons (Fsp3) is 0.700. The van der Waals surface area contributed by atoms with Gasteiger partial charge in [-0.1, -0.05) is 31.0 Å². The van der Waals surface area contributed by atoms with Gasteiger partial charge in [0.1, 0.15) is 5.60 Å². The molecule has 0 bridgehead atoms. The molecule has 8 heteroatoms. The summed E-state index contributed by atoms with van der Waals surface area (Å²) in [5.74, 6) is 0.168. The van der Waals surface area contributed by atoms with Crippen LogP contribution in [0, 0.1) is 11.3 Å². The second kappa shape index (κ2) is 10.6. The maximum Gasteiger partial charge on any atom is 0.328 e. The maximum atomic E-state index is 13.5. The van der Waals surface area contributed by atoms with Crippen LogP contribution in [0.25, 0.3) is 0 Å². The van der Waals surface area contributed by atoms with E-state index in [0.717, 1.165) is 62.9 Å². The molecule has 1 spiro atoms. The summed E-state index contributed by atoms with van der Waals surface area (Å²) in [4.78, 5) is 43.7. The van der Waals surface area contributed by atoms with E-state index in [1.165, 1.54) is 4.90 Å². The maximum absolute atomic E-state index is 13.5. The van der Waals surface area contributed by atoms with Crippen molar-refractivity contribution in [2.24, 2.45) is 11.3 Å². The van der Waals surface area contributed by atoms with Crippen LogP contribution in [0.5, 0.6) is 0 Å². The molecule has 1 aromatic carbocycles. The van der Waals surface area contributed by atoms with Gasteiger partial charge in [-0.2, -0.15) is 0 Å². The number of esters is 1. The van der Waals surface area contributed by atoms with E-state index in [4.69, 9.17) is 9.47 Å². The lowest BCUT2D eigenvalue weighted by Gasteiger charge is -2.42. The Morgan fingerprint density at radius 1 is 1.05 bits per heavy atom. The van der Waals surface area contributed by atoms with E-state index >= 15 is 0 Å². The van der Waals surface area contributed by atoms with Crippen LogP contribution >= 0.6 is 0 Å². The molecular formula is C30H43N3O5. The molecule has 8 nitrogen and oxygen atoms in total. The molecule has 208 valence electrons. The highest BCUT2D eigenvalue weighted by atomic mass is 16.6. The van der Waals surface area contributed by atoms with Crippen molar-refractivity contribution in [2.45, 2.75) is 83.2 Å². The van der Waals surface area contributed by atoms with E-state index in [9.17, 15) is 14.4 Å². The van der Waals surface area contributed by atoms with Crippen molar-refractivity contribution in [1.29, 1.82) is 0 Å². The highest BCUT2D eigenvalue weighted by Gasteiger charge is 2.54. The fourth-order valence-corrected chi connectivity index (χ4v) is 6.84. The highest BCUT2D eigenvalue weighted by molar-refractivity contribution is 6.22. The molecule has 1 saturated carbocycles. The van der Waals surface area contributed by atoms with Gasteiger partial charge in [-0.3, -0.25) is 9.59 Å². The summed E-state index contributed by atoms with van der Waals surface area (Å²) in [6, 6.07) is 7.48. The number of rotatable bonds is 5. The average Bonchev–Trinajstić information content (AvgIpc) is 3.48. The summed E-state index contributed by atoms with van der Waals surface area (Å²) in [6.45, 7) is 9.91. The zero-order valence-electron chi connectivity index (χ0n) is 23.2. The molecule has 0 aromatic heterocycles. The molecule has 1 aromatic rings. The van der Waals surface area contributed by atoms with Crippen molar-refractivity contribution in [3.63, 3.8) is 0 Å². The number of benzene rings is 1. The Balaban J connectivity index is 1.16. The molecule has 3 fully saturated rings. The van der Waals surface area contributed by atoms with E-state index in [-0.39, 0.29) is 17.9 Å². The molecule has 5 rings (SSSR count). The number of likely N-dealkylation sites (tertiary alicyclic amines) is 1. The van der Waals surface area contributed by atoms with E-state index in [0.29, 0.717) is 45.1 Å². The van der Waals surface area contributed by atoms with E-state index < -0.39 is 16.4 Å². The first kappa shape index (κ1) is 27.1. The molecule has 4 aliphatic rings. The molecule has 3 amide bonds. The normalized spacial score (nSPS) is 23.4. The second-order valence-corrected chi connectivity index (χ2v) is 12.7. The van der Waals surface area contributed by atoms with Crippen molar-refractivity contribution >= 4 is 23.6 Å². The van der Waals surface area contributed by atoms with Gasteiger partial charge in [0, 0.05) is 26.3 Å². The van der Waals surface area contributed by atoms with Crippen molar-refractivity contribution in [1.82, 2.24) is 10.2 Å². The Kier molecular flexibility index (Phi) is 7.57. The third kappa shape index (κ3) is 5.22. The van der Waals surface area contributed by atoms with Crippen LogP contribution in [-0.2, 0) is 24.5 Å². The van der Waals surface area contributed by atoms with Crippen molar-refractivity contribution in [3.8, 4) is 0 Å². The summed E-state index contributed by atoms with van der Waals surface area (Å²) in [5.41, 5.74) is 0.204. The standard InChI is InChI=1S/C30H43N3O5/c1-28(2,3)38-26(35)29(14-18-37-19-15-29)21-32-16-10-22(11-17-32)20-31-27(36)33-24-9-5-4-8-23(24)30(25(33)34)12-6-7-13-30/h4-5,8-9,22H,6-7,10-21H2,1-3H3,(H,31,36). The van der Waals surface area contributed by atoms with Crippen LogP contribution in [0.3, 0.4) is 0 Å². The summed E-state index contributed by atoms with van der Waals surface area (Å²) in [5, 5.41) is 3.08. The van der Waals surface area contributed by atoms with Crippen molar-refractivity contribution < 1.29 is 23.9 Å². The van der Waals surface area contributed by atoms with E-state index in [2.05, 4.69) is 10.2 Å². The first-order valence-electron chi connectivity index (χ1n) is 14.4. The lowest BCUT2D eigenvalue weighted by atomic mass is 9.79. The third-order valence-corrected chi connectivity index (χ3v) is 8.99. The smallest absolute Gasteiger partial charge is 0.328 e. The lowest BCUT2D eigenvalue weighted by Crippen LogP contribution is -2.51. The molecular weight excluding hydrogens is 482 g/mol. The number of urea groups is 1. The molecule has 0 unspecified atom stereocenters. The average molecular weight is 526 g/mol. The predicted octanol–water partition coefficient (Wildman–Crippen LogP) is 4.41. The first-order chi connectivity index (χ1) is 18.1. The largest absolute Gasteiger partial charge is 0.460 e. The number of hydrogen-bond donors (Lipinski definition) is 1. The third-order valence-electron chi connectivity index (χ3n) is 8.99. The van der Waals surface area contributed by atoms with Crippen LogP contribution in [-0.4, -0.2) is 67.8 Å². The number of carbonyl (C=O) groups is 3. The lowest BCUT2D eigenvalue weighted by molar-refractivity contribution is -0.175. The first-order valence-corrected chi connectivity index (χ1v) is 14.4. The van der Waals surface area contributed by atoms with Crippen molar-refractivity contribution in [2.75, 3.05) is 44.3 Å². The molecule has 1 aliphatic carbocycles. The zero-order valence-corrected chi connectivity index (χ0v) is 23.2. The van der Waals surface area contributed by atoms with Gasteiger partial charge in [0.05, 0.1) is 16.5 Å². The second-order valence-electron chi connectivity index (χ2n) is 12.7. The monoisotopic (exact) mass is 525 g/mol. The summed E-state index contributed by atoms with van der Waals surface area (Å²) >= 11 is 0. The van der Waals surface area contributed by atoms with Crippen LogP contribution < -0.4 is 10.2 Å². The number of piperidine rings is 1. The van der Waals surface area contributed by atoms with Gasteiger partial charge in [0.15, 0.2) is 0 Å². The van der Waals surface area contributed by atoms with Gasteiger partial charge in [-0.25, -0.2) is 9.69 Å². The van der Waals surface area contributed by atoms with Gasteiger partial charge in [0.25, 0.3) is 0 Å². The number of ether oxygens (including phenoxy) is 2. The number of imide groups is 1. The van der Waals surface area contributed by atoms with Crippen molar-refractivity contribution in [3.05, 3.63) is 29.8 Å². The van der Waals surface area contributed by atoms with Crippen LogP contribution in [0.15, 0.2) is 24.3 Å². The van der Waals surface area contributed by atoms with Gasteiger partial charge in [-0.15, -0.1) is 0 Å². The minimum Gasteiger partial charge on any atom is -0.460 e. The SMILES string of the molecule is CC(C)(C)OC(=O)C1(CN2CCC(CNC(=O)N3C(=O)C4(CCCC4)c4ccccc43)CC2)CCOCC1. The Labute approximate surface area is 226 Å². The number of amides is 3. The number of para-hydroxylation sites is 1. The molecule has 38 heavy (non-hydrogen) atoms. The Hall–Kier alpha value is -2.45. The van der Waals surface area contributed by atoms with Gasteiger partial charge < -0.3 is 19.7 Å². The Bertz CT molecular complexity index is 1040. The number of nitrogens with zero attached hydrogens (tertiary/aromatic N) is 2. The van der Waals surface area contributed by atoms with Gasteiger partial charge >= 0.3 is 12.0 Å². The minimum atomic E-state index is -0.522. The van der Waals surface area contributed by atoms with Gasteiger partial charge in [-0.05, 0) is 89.9 Å². The van der Waals surface area contributed by atoms with Crippen LogP contribution in [0.2, 0.25) is 0 Å². The van der Waals surface area contributed by atoms with Gasteiger partial charge in [0.2, 0.25) is 5.91 Å². The quantitative estimate of drug-likeness (QED) is 0.573. The highest BCUT2D eigenvalue weighted by Crippen LogP contribution is 2.51. The van der Waals surface area contributed by atoms with E-state index in [1.807, 2.05) is 45.0 Å². The van der Waals surface area contributed by atoms with Crippen LogP contribution in [0.1, 0.15) is 77.7 Å². The number of fused-ring (bicyclic) bond motifs is 2. The minimum absolute atomic E-state index is 0.0626. The van der Waals surface area contributed by atoms with Crippen LogP contribution in [0.4, 0.5) is 10.5 Å². The zero-order chi connectivity index (χ0) is 27.0. The Morgan fingerprint density at radius 2 is 1.71 bits per heavy atom. The van der Waals surface area contributed by atoms with E-state index in [1.54, 1.807) is 0 Å². The summed E-state index contributed by atoms with van der Waals surface area (Å²) in [6.07, 6.45) is 6.94. The topological polar surface area (TPSA) is 88.2 Å². The molecule has 0 radical (unpaired) electrons. The molecule has 2 saturated heterocycles. The predicted molar refractivity (Wildman–Crippen MR) is 145 cm³/mol. The summed E-state index contributed by atoms with van der Waals surface area (Å²) < 4.78 is 11.4. The summed E-state index contributed by atoms with van der Waals surface area (Å²) in [7, 11) is 0. The number of anilines is 1. The molecule has 0 atom stereocenters. The molecule has 3 heterocycles. The number of nitrogens with one attached hydrogen (secondary N) is 1.